The number of carboxylic acids is 1. The van der Waals surface area contributed by atoms with Crippen LogP contribution in [0.3, 0.4) is 0 Å². The number of hydrogen-bond acceptors (Lipinski definition) is 7. The summed E-state index contributed by atoms with van der Waals surface area (Å²) in [6.45, 7) is 1.40. The van der Waals surface area contributed by atoms with Crippen LogP contribution in [-0.2, 0) is 4.79 Å². The number of carbonyl (C=O) groups is 1. The average Bonchev–Trinajstić information content (AvgIpc) is 2.65. The summed E-state index contributed by atoms with van der Waals surface area (Å²) in [5.74, 6) is -2.37. The highest BCUT2D eigenvalue weighted by Crippen LogP contribution is 2.22. The third kappa shape index (κ3) is 4.67. The second-order valence-electron chi connectivity index (χ2n) is 5.72. The molecular formula is C18H16F2N6O2. The van der Waals surface area contributed by atoms with E-state index in [1.165, 1.54) is 43.3 Å². The highest BCUT2D eigenvalue weighted by molar-refractivity contribution is 5.76. The molecule has 1 atom stereocenters. The second-order valence-corrected chi connectivity index (χ2v) is 5.72. The molecule has 0 unspecified atom stereocenters. The van der Waals surface area contributed by atoms with E-state index in [4.69, 9.17) is 5.11 Å². The molecule has 0 saturated heterocycles. The molecule has 0 radical (unpaired) electrons. The third-order valence-corrected chi connectivity index (χ3v) is 3.59. The van der Waals surface area contributed by atoms with E-state index in [1.54, 1.807) is 12.1 Å². The van der Waals surface area contributed by atoms with Gasteiger partial charge >= 0.3 is 5.97 Å². The fourth-order valence-corrected chi connectivity index (χ4v) is 2.17. The average molecular weight is 386 g/mol. The van der Waals surface area contributed by atoms with Crippen molar-refractivity contribution in [2.75, 3.05) is 16.0 Å². The van der Waals surface area contributed by atoms with Crippen LogP contribution in [0.4, 0.5) is 38.0 Å². The minimum atomic E-state index is -1.12. The molecule has 0 aliphatic heterocycles. The first-order chi connectivity index (χ1) is 13.4. The van der Waals surface area contributed by atoms with Crippen molar-refractivity contribution in [3.8, 4) is 0 Å². The SMILES string of the molecule is C[C@@H](Nc1nc(Nc2ccccc2F)nc(Nc2ccccc2F)n1)C(=O)O. The molecule has 0 bridgehead atoms. The van der Waals surface area contributed by atoms with Crippen molar-refractivity contribution >= 4 is 35.2 Å². The number of para-hydroxylation sites is 2. The first-order valence-electron chi connectivity index (χ1n) is 8.21. The standard InChI is InChI=1S/C18H16F2N6O2/c1-10(15(27)28)21-16-24-17(22-13-8-4-2-6-11(13)19)26-18(25-16)23-14-9-5-3-7-12(14)20/h2-10H,1H3,(H,27,28)(H3,21,22,23,24,25,26)/t10-/m1/s1. The maximum absolute atomic E-state index is 13.9. The monoisotopic (exact) mass is 386 g/mol. The van der Waals surface area contributed by atoms with Crippen molar-refractivity contribution in [1.29, 1.82) is 0 Å². The molecule has 3 rings (SSSR count). The van der Waals surface area contributed by atoms with Gasteiger partial charge in [0.25, 0.3) is 0 Å². The normalized spacial score (nSPS) is 11.5. The maximum atomic E-state index is 13.9. The molecule has 4 N–H and O–H groups in total. The van der Waals surface area contributed by atoms with Crippen molar-refractivity contribution < 1.29 is 18.7 Å². The number of carboxylic acid groups (broad SMARTS) is 1. The van der Waals surface area contributed by atoms with E-state index in [0.717, 1.165) is 0 Å². The molecule has 8 nitrogen and oxygen atoms in total. The van der Waals surface area contributed by atoms with Gasteiger partial charge in [0.15, 0.2) is 0 Å². The van der Waals surface area contributed by atoms with E-state index >= 15 is 0 Å². The summed E-state index contributed by atoms with van der Waals surface area (Å²) in [6, 6.07) is 10.8. The lowest BCUT2D eigenvalue weighted by Crippen LogP contribution is -2.27. The van der Waals surface area contributed by atoms with Gasteiger partial charge in [-0.05, 0) is 31.2 Å². The Hall–Kier alpha value is -3.82. The van der Waals surface area contributed by atoms with Gasteiger partial charge in [0.2, 0.25) is 17.8 Å². The van der Waals surface area contributed by atoms with Crippen LogP contribution < -0.4 is 16.0 Å². The van der Waals surface area contributed by atoms with Crippen molar-refractivity contribution in [1.82, 2.24) is 15.0 Å². The Bertz CT molecular complexity index is 936. The van der Waals surface area contributed by atoms with E-state index in [2.05, 4.69) is 30.9 Å². The fourth-order valence-electron chi connectivity index (χ4n) is 2.17. The van der Waals surface area contributed by atoms with Crippen LogP contribution in [-0.4, -0.2) is 32.1 Å². The first kappa shape index (κ1) is 19.0. The summed E-state index contributed by atoms with van der Waals surface area (Å²) in [6.07, 6.45) is 0. The van der Waals surface area contributed by atoms with Crippen molar-refractivity contribution in [3.63, 3.8) is 0 Å². The summed E-state index contributed by atoms with van der Waals surface area (Å²) < 4.78 is 27.8. The van der Waals surface area contributed by atoms with Crippen molar-refractivity contribution in [2.45, 2.75) is 13.0 Å². The van der Waals surface area contributed by atoms with E-state index in [0.29, 0.717) is 0 Å². The molecule has 0 aliphatic rings. The Balaban J connectivity index is 1.95. The summed E-state index contributed by atoms with van der Waals surface area (Å²) >= 11 is 0. The molecule has 0 spiro atoms. The van der Waals surface area contributed by atoms with Gasteiger partial charge in [0.1, 0.15) is 17.7 Å². The van der Waals surface area contributed by atoms with Gasteiger partial charge in [-0.15, -0.1) is 0 Å². The third-order valence-electron chi connectivity index (χ3n) is 3.59. The molecule has 144 valence electrons. The number of anilines is 5. The number of benzene rings is 2. The lowest BCUT2D eigenvalue weighted by molar-refractivity contribution is -0.137. The highest BCUT2D eigenvalue weighted by atomic mass is 19.1. The Morgan fingerprint density at radius 1 is 0.857 bits per heavy atom. The summed E-state index contributed by atoms with van der Waals surface area (Å²) in [5, 5.41) is 17.0. The summed E-state index contributed by atoms with van der Waals surface area (Å²) in [4.78, 5) is 23.3. The predicted molar refractivity (Wildman–Crippen MR) is 99.9 cm³/mol. The van der Waals surface area contributed by atoms with Crippen LogP contribution in [0.25, 0.3) is 0 Å². The number of aromatic nitrogens is 3. The molecule has 0 aliphatic carbocycles. The molecule has 10 heteroatoms. The van der Waals surface area contributed by atoms with Gasteiger partial charge in [0, 0.05) is 0 Å². The minimum absolute atomic E-state index is 0.0565. The number of aliphatic carboxylic acids is 1. The van der Waals surface area contributed by atoms with Crippen LogP contribution in [0, 0.1) is 11.6 Å². The number of halogens is 2. The van der Waals surface area contributed by atoms with Crippen LogP contribution in [0.2, 0.25) is 0 Å². The van der Waals surface area contributed by atoms with E-state index in [9.17, 15) is 13.6 Å². The zero-order chi connectivity index (χ0) is 20.1. The van der Waals surface area contributed by atoms with Crippen LogP contribution in [0.5, 0.6) is 0 Å². The first-order valence-corrected chi connectivity index (χ1v) is 8.21. The van der Waals surface area contributed by atoms with Gasteiger partial charge < -0.3 is 21.1 Å². The fraction of sp³-hybridized carbons (Fsp3) is 0.111. The van der Waals surface area contributed by atoms with E-state index in [-0.39, 0.29) is 29.2 Å². The van der Waals surface area contributed by atoms with Crippen molar-refractivity contribution in [3.05, 3.63) is 60.2 Å². The Kier molecular flexibility index (Phi) is 5.58. The highest BCUT2D eigenvalue weighted by Gasteiger charge is 2.15. The molecule has 3 aromatic rings. The summed E-state index contributed by atoms with van der Waals surface area (Å²) in [7, 11) is 0. The molecule has 28 heavy (non-hydrogen) atoms. The molecule has 1 heterocycles. The topological polar surface area (TPSA) is 112 Å². The second kappa shape index (κ2) is 8.25. The summed E-state index contributed by atoms with van der Waals surface area (Å²) in [5.41, 5.74) is 0.227. The van der Waals surface area contributed by atoms with E-state index in [1.807, 2.05) is 0 Å². The lowest BCUT2D eigenvalue weighted by Gasteiger charge is -2.13. The molecule has 0 fully saturated rings. The number of hydrogen-bond donors (Lipinski definition) is 4. The van der Waals surface area contributed by atoms with Crippen LogP contribution in [0.1, 0.15) is 6.92 Å². The maximum Gasteiger partial charge on any atom is 0.325 e. The molecule has 0 saturated carbocycles. The number of nitrogens with one attached hydrogen (secondary N) is 3. The largest absolute Gasteiger partial charge is 0.480 e. The smallest absolute Gasteiger partial charge is 0.325 e. The lowest BCUT2D eigenvalue weighted by atomic mass is 10.3. The molecular weight excluding hydrogens is 370 g/mol. The van der Waals surface area contributed by atoms with Crippen LogP contribution in [0.15, 0.2) is 48.5 Å². The van der Waals surface area contributed by atoms with Gasteiger partial charge in [-0.3, -0.25) is 4.79 Å². The van der Waals surface area contributed by atoms with Crippen molar-refractivity contribution in [2.24, 2.45) is 0 Å². The van der Waals surface area contributed by atoms with Gasteiger partial charge in [0.05, 0.1) is 11.4 Å². The van der Waals surface area contributed by atoms with Gasteiger partial charge in [-0.25, -0.2) is 8.78 Å². The zero-order valence-electron chi connectivity index (χ0n) is 14.6. The number of nitrogens with zero attached hydrogens (tertiary/aromatic N) is 3. The molecule has 1 aromatic heterocycles. The Morgan fingerprint density at radius 3 is 1.71 bits per heavy atom. The van der Waals surface area contributed by atoms with Gasteiger partial charge in [-0.2, -0.15) is 15.0 Å². The molecule has 0 amide bonds. The van der Waals surface area contributed by atoms with Gasteiger partial charge in [-0.1, -0.05) is 24.3 Å². The predicted octanol–water partition coefficient (Wildman–Crippen LogP) is 3.52. The van der Waals surface area contributed by atoms with Crippen LogP contribution >= 0.6 is 0 Å². The minimum Gasteiger partial charge on any atom is -0.480 e. The van der Waals surface area contributed by atoms with E-state index < -0.39 is 23.6 Å². The molecule has 2 aromatic carbocycles. The quantitative estimate of drug-likeness (QED) is 0.488. The number of rotatable bonds is 7. The zero-order valence-corrected chi connectivity index (χ0v) is 14.6. The Labute approximate surface area is 158 Å². The Morgan fingerprint density at radius 2 is 1.29 bits per heavy atom.